The number of piperazine rings is 1. The molecule has 2 bridgehead atoms. The van der Waals surface area contributed by atoms with Crippen LogP contribution >= 0.6 is 11.6 Å². The lowest BCUT2D eigenvalue weighted by Gasteiger charge is -2.39. The Kier molecular flexibility index (Phi) is 5.51. The summed E-state index contributed by atoms with van der Waals surface area (Å²) in [5.74, 6) is 1.08. The number of alkyl halides is 1. The molecular weight excluding hydrogens is 501 g/mol. The zero-order valence-electron chi connectivity index (χ0n) is 22.0. The fourth-order valence-corrected chi connectivity index (χ4v) is 9.14. The van der Waals surface area contributed by atoms with Crippen LogP contribution in [0.3, 0.4) is 0 Å². The van der Waals surface area contributed by atoms with Gasteiger partial charge in [0.05, 0.1) is 11.2 Å². The van der Waals surface area contributed by atoms with Gasteiger partial charge in [-0.25, -0.2) is 4.39 Å². The third-order valence-corrected chi connectivity index (χ3v) is 11.1. The number of halogens is 2. The Bertz CT molecular complexity index is 1260. The van der Waals surface area contributed by atoms with Crippen LogP contribution in [-0.4, -0.2) is 71.4 Å². The lowest BCUT2D eigenvalue weighted by atomic mass is 9.69. The first-order chi connectivity index (χ1) is 18.5. The van der Waals surface area contributed by atoms with Crippen LogP contribution in [-0.2, 0) is 24.7 Å². The van der Waals surface area contributed by atoms with E-state index in [4.69, 9.17) is 26.3 Å². The van der Waals surface area contributed by atoms with Crippen LogP contribution in [0.15, 0.2) is 18.2 Å². The van der Waals surface area contributed by atoms with Crippen LogP contribution in [0.2, 0.25) is 5.02 Å². The molecule has 1 aromatic heterocycles. The standard InChI is InChI=1S/C30H37ClFN5O/c31-25-4-1-3-24-22(25)7-10-29(24)11-8-23-26(14-29)34-28(35-27(23)36-16-20-5-6-21(17-36)33-20)38-18-30-9-2-12-37(30)15-19(32)13-30/h1,3-4,19-21,33H,2,5-18H2/t19-,20?,21?,29?,30+/m1/s1. The minimum absolute atomic E-state index is 0.0897. The van der Waals surface area contributed by atoms with E-state index in [9.17, 15) is 4.39 Å². The minimum atomic E-state index is -0.760. The van der Waals surface area contributed by atoms with Crippen molar-refractivity contribution in [1.29, 1.82) is 0 Å². The van der Waals surface area contributed by atoms with Gasteiger partial charge >= 0.3 is 6.01 Å². The molecule has 4 saturated heterocycles. The van der Waals surface area contributed by atoms with Crippen molar-refractivity contribution in [2.45, 2.75) is 93.4 Å². The van der Waals surface area contributed by atoms with Crippen LogP contribution in [0, 0.1) is 0 Å². The van der Waals surface area contributed by atoms with Gasteiger partial charge in [-0.15, -0.1) is 0 Å². The Morgan fingerprint density at radius 1 is 1.05 bits per heavy atom. The second-order valence-corrected chi connectivity index (χ2v) is 13.3. The monoisotopic (exact) mass is 537 g/mol. The quantitative estimate of drug-likeness (QED) is 0.624. The molecule has 0 amide bonds. The molecule has 1 spiro atoms. The van der Waals surface area contributed by atoms with E-state index in [1.54, 1.807) is 0 Å². The highest BCUT2D eigenvalue weighted by molar-refractivity contribution is 6.31. The number of nitrogens with one attached hydrogen (secondary N) is 1. The fraction of sp³-hybridized carbons (Fsp3) is 0.667. The third kappa shape index (κ3) is 3.71. The molecule has 4 aliphatic heterocycles. The number of fused-ring (bicyclic) bond motifs is 6. The number of benzene rings is 1. The van der Waals surface area contributed by atoms with Crippen LogP contribution in [0.5, 0.6) is 6.01 Å². The number of ether oxygens (including phenoxy) is 1. The van der Waals surface area contributed by atoms with Crippen molar-refractivity contribution in [3.63, 3.8) is 0 Å². The molecule has 0 saturated carbocycles. The molecule has 6 nitrogen and oxygen atoms in total. The topological polar surface area (TPSA) is 53.5 Å². The molecule has 1 N–H and O–H groups in total. The number of anilines is 1. The molecule has 5 heterocycles. The Labute approximate surface area is 229 Å². The summed E-state index contributed by atoms with van der Waals surface area (Å²) in [6.45, 7) is 3.96. The van der Waals surface area contributed by atoms with Gasteiger partial charge in [0.25, 0.3) is 0 Å². The summed E-state index contributed by atoms with van der Waals surface area (Å²) in [4.78, 5) is 15.0. The van der Waals surface area contributed by atoms with Crippen molar-refractivity contribution in [1.82, 2.24) is 20.2 Å². The smallest absolute Gasteiger partial charge is 0.318 e. The summed E-state index contributed by atoms with van der Waals surface area (Å²) < 4.78 is 20.9. The molecule has 38 heavy (non-hydrogen) atoms. The van der Waals surface area contributed by atoms with E-state index >= 15 is 0 Å². The Morgan fingerprint density at radius 2 is 1.87 bits per heavy atom. The van der Waals surface area contributed by atoms with Gasteiger partial charge in [-0.1, -0.05) is 23.7 Å². The molecular formula is C30H37ClFN5O. The van der Waals surface area contributed by atoms with Gasteiger partial charge < -0.3 is 15.0 Å². The second-order valence-electron chi connectivity index (χ2n) is 12.9. The molecule has 8 heteroatoms. The summed E-state index contributed by atoms with van der Waals surface area (Å²) in [5.41, 5.74) is 5.08. The minimum Gasteiger partial charge on any atom is -0.461 e. The average Bonchev–Trinajstić information content (AvgIpc) is 3.64. The van der Waals surface area contributed by atoms with E-state index in [0.29, 0.717) is 37.7 Å². The maximum atomic E-state index is 14.4. The van der Waals surface area contributed by atoms with Crippen LogP contribution in [0.25, 0.3) is 0 Å². The first-order valence-corrected chi connectivity index (χ1v) is 15.1. The van der Waals surface area contributed by atoms with Gasteiger partial charge in [0.15, 0.2) is 0 Å². The van der Waals surface area contributed by atoms with E-state index in [2.05, 4.69) is 27.2 Å². The van der Waals surface area contributed by atoms with Crippen molar-refractivity contribution in [2.24, 2.45) is 0 Å². The Balaban J connectivity index is 1.15. The molecule has 202 valence electrons. The number of hydrogen-bond acceptors (Lipinski definition) is 6. The van der Waals surface area contributed by atoms with E-state index in [1.807, 2.05) is 6.07 Å². The molecule has 5 atom stereocenters. The third-order valence-electron chi connectivity index (χ3n) is 10.7. The van der Waals surface area contributed by atoms with Gasteiger partial charge in [-0.2, -0.15) is 9.97 Å². The molecule has 0 radical (unpaired) electrons. The normalized spacial score (nSPS) is 35.5. The molecule has 6 aliphatic rings. The largest absolute Gasteiger partial charge is 0.461 e. The lowest BCUT2D eigenvalue weighted by molar-refractivity contribution is 0.107. The number of hydrogen-bond donors (Lipinski definition) is 1. The van der Waals surface area contributed by atoms with Crippen LogP contribution in [0.1, 0.15) is 67.3 Å². The molecule has 3 unspecified atom stereocenters. The number of rotatable bonds is 4. The highest BCUT2D eigenvalue weighted by Gasteiger charge is 2.50. The lowest BCUT2D eigenvalue weighted by Crippen LogP contribution is -2.52. The molecule has 8 rings (SSSR count). The molecule has 2 aromatic rings. The zero-order valence-corrected chi connectivity index (χ0v) is 22.8. The first kappa shape index (κ1) is 23.9. The maximum Gasteiger partial charge on any atom is 0.318 e. The van der Waals surface area contributed by atoms with Gasteiger partial charge in [-0.3, -0.25) is 4.90 Å². The summed E-state index contributed by atoms with van der Waals surface area (Å²) in [5, 5.41) is 4.66. The first-order valence-electron chi connectivity index (χ1n) is 14.7. The predicted molar refractivity (Wildman–Crippen MR) is 146 cm³/mol. The number of nitrogens with zero attached hydrogens (tertiary/aromatic N) is 4. The summed E-state index contributed by atoms with van der Waals surface area (Å²) >= 11 is 6.63. The van der Waals surface area contributed by atoms with Gasteiger partial charge in [0.2, 0.25) is 0 Å². The van der Waals surface area contributed by atoms with Crippen LogP contribution < -0.4 is 15.0 Å². The summed E-state index contributed by atoms with van der Waals surface area (Å²) in [6, 6.07) is 7.97. The van der Waals surface area contributed by atoms with Gasteiger partial charge in [-0.05, 0) is 81.5 Å². The van der Waals surface area contributed by atoms with Crippen LogP contribution in [0.4, 0.5) is 10.2 Å². The number of aromatic nitrogens is 2. The maximum absolute atomic E-state index is 14.4. The Hall–Kier alpha value is -1.96. The van der Waals surface area contributed by atoms with Crippen molar-refractivity contribution in [2.75, 3.05) is 37.7 Å². The van der Waals surface area contributed by atoms with Crippen molar-refractivity contribution in [3.05, 3.63) is 45.6 Å². The van der Waals surface area contributed by atoms with E-state index in [-0.39, 0.29) is 11.0 Å². The van der Waals surface area contributed by atoms with E-state index in [0.717, 1.165) is 81.1 Å². The molecule has 2 aliphatic carbocycles. The Morgan fingerprint density at radius 3 is 2.71 bits per heavy atom. The van der Waals surface area contributed by atoms with Crippen molar-refractivity contribution < 1.29 is 9.13 Å². The zero-order chi connectivity index (χ0) is 25.5. The van der Waals surface area contributed by atoms with Crippen molar-refractivity contribution in [3.8, 4) is 6.01 Å². The average molecular weight is 538 g/mol. The second kappa shape index (κ2) is 8.77. The van der Waals surface area contributed by atoms with E-state index < -0.39 is 6.17 Å². The molecule has 1 aromatic carbocycles. The van der Waals surface area contributed by atoms with E-state index in [1.165, 1.54) is 29.5 Å². The SMILES string of the molecule is F[C@H]1CN2CCC[C@@]2(COc2nc3c(c(N4CC5CCC(C4)N5)n2)CCC2(CCc4c(Cl)cccc42)C3)C1. The highest BCUT2D eigenvalue weighted by atomic mass is 35.5. The summed E-state index contributed by atoms with van der Waals surface area (Å²) in [7, 11) is 0. The van der Waals surface area contributed by atoms with Gasteiger partial charge in [0, 0.05) is 54.1 Å². The predicted octanol–water partition coefficient (Wildman–Crippen LogP) is 4.40. The van der Waals surface area contributed by atoms with Crippen molar-refractivity contribution >= 4 is 17.4 Å². The molecule has 4 fully saturated rings. The van der Waals surface area contributed by atoms with Gasteiger partial charge in [0.1, 0.15) is 18.6 Å². The summed E-state index contributed by atoms with van der Waals surface area (Å²) in [6.07, 6.45) is 9.54. The highest BCUT2D eigenvalue weighted by Crippen LogP contribution is 2.50. The fourth-order valence-electron chi connectivity index (χ4n) is 8.87.